The number of ketones is 1. The molecule has 1 aliphatic heterocycles. The van der Waals surface area contributed by atoms with Crippen LogP contribution in [0.2, 0.25) is 0 Å². The monoisotopic (exact) mass is 352 g/mol. The molecule has 3 rings (SSSR count). The number of carbonyl (C=O) groups excluding carboxylic acids is 2. The van der Waals surface area contributed by atoms with Crippen molar-refractivity contribution in [3.63, 3.8) is 0 Å². The Labute approximate surface area is 153 Å². The second-order valence-electron chi connectivity index (χ2n) is 6.67. The Morgan fingerprint density at radius 2 is 1.65 bits per heavy atom. The SMILES string of the molecule is COc1ccc(C(=O)C2CCN(C(=O)Cc3ccc(N)cc3)CC2)cc1. The van der Waals surface area contributed by atoms with Crippen LogP contribution in [0.1, 0.15) is 28.8 Å². The highest BCUT2D eigenvalue weighted by molar-refractivity contribution is 5.98. The molecular weight excluding hydrogens is 328 g/mol. The van der Waals surface area contributed by atoms with Crippen LogP contribution in [0.5, 0.6) is 5.75 Å². The third-order valence-corrected chi connectivity index (χ3v) is 4.93. The van der Waals surface area contributed by atoms with Gasteiger partial charge in [-0.05, 0) is 54.8 Å². The molecule has 1 fully saturated rings. The second-order valence-corrected chi connectivity index (χ2v) is 6.67. The van der Waals surface area contributed by atoms with Gasteiger partial charge >= 0.3 is 0 Å². The molecule has 0 spiro atoms. The van der Waals surface area contributed by atoms with E-state index in [-0.39, 0.29) is 17.6 Å². The first kappa shape index (κ1) is 18.0. The Hall–Kier alpha value is -2.82. The Kier molecular flexibility index (Phi) is 5.56. The summed E-state index contributed by atoms with van der Waals surface area (Å²) >= 11 is 0. The lowest BCUT2D eigenvalue weighted by molar-refractivity contribution is -0.131. The standard InChI is InChI=1S/C21H24N2O3/c1-26-19-8-4-16(5-9-19)21(25)17-10-12-23(13-11-17)20(24)14-15-2-6-18(22)7-3-15/h2-9,17H,10-14,22H2,1H3. The van der Waals surface area contributed by atoms with E-state index in [2.05, 4.69) is 0 Å². The zero-order valence-electron chi connectivity index (χ0n) is 15.0. The Balaban J connectivity index is 1.53. The van der Waals surface area contributed by atoms with Crippen LogP contribution in [-0.4, -0.2) is 36.8 Å². The Morgan fingerprint density at radius 1 is 1.04 bits per heavy atom. The fourth-order valence-corrected chi connectivity index (χ4v) is 3.30. The number of Topliss-reactive ketones (excluding diaryl/α,β-unsaturated/α-hetero) is 1. The third-order valence-electron chi connectivity index (χ3n) is 4.93. The molecule has 1 heterocycles. The first-order valence-corrected chi connectivity index (χ1v) is 8.87. The highest BCUT2D eigenvalue weighted by atomic mass is 16.5. The van der Waals surface area contributed by atoms with Gasteiger partial charge in [-0.2, -0.15) is 0 Å². The summed E-state index contributed by atoms with van der Waals surface area (Å²) in [7, 11) is 1.61. The molecule has 2 aromatic rings. The van der Waals surface area contributed by atoms with E-state index in [9.17, 15) is 9.59 Å². The van der Waals surface area contributed by atoms with Crippen LogP contribution in [0.3, 0.4) is 0 Å². The third kappa shape index (κ3) is 4.23. The molecular formula is C21H24N2O3. The molecule has 136 valence electrons. The molecule has 0 saturated carbocycles. The second kappa shape index (κ2) is 8.04. The summed E-state index contributed by atoms with van der Waals surface area (Å²) in [5.41, 5.74) is 8.03. The quantitative estimate of drug-likeness (QED) is 0.663. The van der Waals surface area contributed by atoms with Gasteiger partial charge < -0.3 is 15.4 Å². The number of anilines is 1. The lowest BCUT2D eigenvalue weighted by Gasteiger charge is -2.31. The molecule has 0 aliphatic carbocycles. The maximum atomic E-state index is 12.6. The summed E-state index contributed by atoms with van der Waals surface area (Å²) in [5, 5.41) is 0. The highest BCUT2D eigenvalue weighted by Gasteiger charge is 2.27. The van der Waals surface area contributed by atoms with Crippen molar-refractivity contribution in [3.05, 3.63) is 59.7 Å². The molecule has 26 heavy (non-hydrogen) atoms. The van der Waals surface area contributed by atoms with E-state index in [0.717, 1.165) is 11.3 Å². The molecule has 1 aliphatic rings. The largest absolute Gasteiger partial charge is 0.497 e. The molecule has 0 aromatic heterocycles. The first-order chi connectivity index (χ1) is 12.6. The minimum absolute atomic E-state index is 0.0241. The van der Waals surface area contributed by atoms with Crippen molar-refractivity contribution in [2.45, 2.75) is 19.3 Å². The molecule has 0 unspecified atom stereocenters. The molecule has 0 bridgehead atoms. The van der Waals surface area contributed by atoms with E-state index >= 15 is 0 Å². The molecule has 0 radical (unpaired) electrons. The van der Waals surface area contributed by atoms with Crippen LogP contribution in [0.15, 0.2) is 48.5 Å². The Bertz CT molecular complexity index is 761. The van der Waals surface area contributed by atoms with Crippen LogP contribution < -0.4 is 10.5 Å². The fraction of sp³-hybridized carbons (Fsp3) is 0.333. The van der Waals surface area contributed by atoms with E-state index in [1.807, 2.05) is 29.2 Å². The van der Waals surface area contributed by atoms with Crippen LogP contribution in [0, 0.1) is 5.92 Å². The lowest BCUT2D eigenvalue weighted by Crippen LogP contribution is -2.41. The van der Waals surface area contributed by atoms with Crippen molar-refractivity contribution in [3.8, 4) is 5.75 Å². The van der Waals surface area contributed by atoms with Gasteiger partial charge in [-0.1, -0.05) is 12.1 Å². The van der Waals surface area contributed by atoms with Gasteiger partial charge in [0.1, 0.15) is 5.75 Å². The molecule has 2 N–H and O–H groups in total. The lowest BCUT2D eigenvalue weighted by atomic mass is 9.88. The number of benzene rings is 2. The number of amides is 1. The molecule has 5 nitrogen and oxygen atoms in total. The normalized spacial score (nSPS) is 14.9. The zero-order chi connectivity index (χ0) is 18.5. The van der Waals surface area contributed by atoms with Gasteiger partial charge in [0.15, 0.2) is 5.78 Å². The van der Waals surface area contributed by atoms with Crippen LogP contribution >= 0.6 is 0 Å². The maximum absolute atomic E-state index is 12.6. The van der Waals surface area contributed by atoms with Crippen LogP contribution in [-0.2, 0) is 11.2 Å². The number of piperidine rings is 1. The van der Waals surface area contributed by atoms with Crippen molar-refractivity contribution >= 4 is 17.4 Å². The van der Waals surface area contributed by atoms with Crippen molar-refractivity contribution in [1.82, 2.24) is 4.90 Å². The summed E-state index contributed by atoms with van der Waals surface area (Å²) in [5.74, 6) is 0.969. The molecule has 0 atom stereocenters. The summed E-state index contributed by atoms with van der Waals surface area (Å²) < 4.78 is 5.13. The maximum Gasteiger partial charge on any atom is 0.226 e. The number of likely N-dealkylation sites (tertiary alicyclic amines) is 1. The van der Waals surface area contributed by atoms with E-state index in [1.54, 1.807) is 31.4 Å². The Morgan fingerprint density at radius 3 is 2.23 bits per heavy atom. The first-order valence-electron chi connectivity index (χ1n) is 8.87. The molecule has 5 heteroatoms. The van der Waals surface area contributed by atoms with Crippen molar-refractivity contribution in [2.24, 2.45) is 5.92 Å². The van der Waals surface area contributed by atoms with Gasteiger partial charge in [0.05, 0.1) is 13.5 Å². The number of nitrogens with two attached hydrogens (primary N) is 1. The van der Waals surface area contributed by atoms with Gasteiger partial charge in [0.25, 0.3) is 0 Å². The number of nitrogens with zero attached hydrogens (tertiary/aromatic N) is 1. The predicted octanol–water partition coefficient (Wildman–Crippen LogP) is 2.94. The van der Waals surface area contributed by atoms with Crippen LogP contribution in [0.25, 0.3) is 0 Å². The number of carbonyl (C=O) groups is 2. The number of methoxy groups -OCH3 is 1. The van der Waals surface area contributed by atoms with Gasteiger partial charge in [-0.3, -0.25) is 9.59 Å². The van der Waals surface area contributed by atoms with Crippen molar-refractivity contribution in [2.75, 3.05) is 25.9 Å². The minimum Gasteiger partial charge on any atom is -0.497 e. The number of rotatable bonds is 5. The topological polar surface area (TPSA) is 72.6 Å². The average Bonchev–Trinajstić information content (AvgIpc) is 2.69. The van der Waals surface area contributed by atoms with E-state index in [4.69, 9.17) is 10.5 Å². The predicted molar refractivity (Wildman–Crippen MR) is 101 cm³/mol. The summed E-state index contributed by atoms with van der Waals surface area (Å²) in [6.45, 7) is 1.25. The van der Waals surface area contributed by atoms with E-state index in [1.165, 1.54) is 0 Å². The zero-order valence-corrected chi connectivity index (χ0v) is 15.0. The number of hydrogen-bond acceptors (Lipinski definition) is 4. The minimum atomic E-state index is -0.0241. The highest BCUT2D eigenvalue weighted by Crippen LogP contribution is 2.23. The molecule has 1 saturated heterocycles. The number of nitrogen functional groups attached to an aromatic ring is 1. The van der Waals surface area contributed by atoms with Crippen LogP contribution in [0.4, 0.5) is 5.69 Å². The summed E-state index contributed by atoms with van der Waals surface area (Å²) in [4.78, 5) is 27.0. The summed E-state index contributed by atoms with van der Waals surface area (Å²) in [6.07, 6.45) is 1.79. The van der Waals surface area contributed by atoms with Gasteiger partial charge in [0.2, 0.25) is 5.91 Å². The fourth-order valence-electron chi connectivity index (χ4n) is 3.30. The molecule has 1 amide bonds. The van der Waals surface area contributed by atoms with Gasteiger partial charge in [-0.25, -0.2) is 0 Å². The van der Waals surface area contributed by atoms with E-state index in [0.29, 0.717) is 43.6 Å². The smallest absolute Gasteiger partial charge is 0.226 e. The number of ether oxygens (including phenoxy) is 1. The number of hydrogen-bond donors (Lipinski definition) is 1. The van der Waals surface area contributed by atoms with Gasteiger partial charge in [-0.15, -0.1) is 0 Å². The van der Waals surface area contributed by atoms with Crippen molar-refractivity contribution in [1.29, 1.82) is 0 Å². The summed E-state index contributed by atoms with van der Waals surface area (Å²) in [6, 6.07) is 14.6. The average molecular weight is 352 g/mol. The molecule has 2 aromatic carbocycles. The van der Waals surface area contributed by atoms with Crippen molar-refractivity contribution < 1.29 is 14.3 Å². The van der Waals surface area contributed by atoms with E-state index < -0.39 is 0 Å². The van der Waals surface area contributed by atoms with Gasteiger partial charge in [0, 0.05) is 30.3 Å².